The third-order valence-corrected chi connectivity index (χ3v) is 3.41. The molecule has 0 saturated carbocycles. The minimum absolute atomic E-state index is 0.0723. The molecule has 2 rings (SSSR count). The summed E-state index contributed by atoms with van der Waals surface area (Å²) in [6, 6.07) is 5.60. The number of ether oxygens (including phenoxy) is 1. The van der Waals surface area contributed by atoms with Crippen molar-refractivity contribution in [1.29, 1.82) is 0 Å². The van der Waals surface area contributed by atoms with Gasteiger partial charge in [0, 0.05) is 11.9 Å². The van der Waals surface area contributed by atoms with Crippen LogP contribution < -0.4 is 5.32 Å². The number of carbonyl (C=O) groups is 2. The number of carbonyl (C=O) groups excluding carboxylic acids is 2. The topological polar surface area (TPSA) is 68.3 Å². The fourth-order valence-electron chi connectivity index (χ4n) is 1.73. The molecule has 0 bridgehead atoms. The van der Waals surface area contributed by atoms with Crippen molar-refractivity contribution >= 4 is 40.8 Å². The van der Waals surface area contributed by atoms with Gasteiger partial charge < -0.3 is 10.1 Å². The van der Waals surface area contributed by atoms with E-state index in [4.69, 9.17) is 27.9 Å². The number of hydrogen-bond acceptors (Lipinski definition) is 4. The number of rotatable bonds is 4. The predicted molar refractivity (Wildman–Crippen MR) is 84.6 cm³/mol. The Bertz CT molecular complexity index is 796. The minimum Gasteiger partial charge on any atom is -0.452 e. The summed E-state index contributed by atoms with van der Waals surface area (Å²) in [4.78, 5) is 27.1. The maximum Gasteiger partial charge on any atom is 0.417 e. The minimum atomic E-state index is -4.66. The van der Waals surface area contributed by atoms with Crippen LogP contribution in [-0.4, -0.2) is 23.5 Å². The van der Waals surface area contributed by atoms with Crippen LogP contribution in [0.25, 0.3) is 0 Å². The van der Waals surface area contributed by atoms with Crippen LogP contribution >= 0.6 is 23.2 Å². The summed E-state index contributed by atoms with van der Waals surface area (Å²) in [5.74, 6) is -1.64. The van der Waals surface area contributed by atoms with E-state index in [1.807, 2.05) is 0 Å². The summed E-state index contributed by atoms with van der Waals surface area (Å²) in [6.07, 6.45) is -3.50. The summed E-state index contributed by atoms with van der Waals surface area (Å²) < 4.78 is 43.0. The first-order valence-corrected chi connectivity index (χ1v) is 7.37. The molecule has 10 heteroatoms. The van der Waals surface area contributed by atoms with Gasteiger partial charge in [-0.2, -0.15) is 13.2 Å². The molecule has 1 amide bonds. The molecule has 1 N–H and O–H groups in total. The van der Waals surface area contributed by atoms with Gasteiger partial charge in [0.15, 0.2) is 6.61 Å². The number of nitrogens with zero attached hydrogens (tertiary/aromatic N) is 1. The molecule has 0 fully saturated rings. The normalized spacial score (nSPS) is 11.1. The Balaban J connectivity index is 1.96. The van der Waals surface area contributed by atoms with Gasteiger partial charge >= 0.3 is 12.1 Å². The highest BCUT2D eigenvalue weighted by Gasteiger charge is 2.33. The van der Waals surface area contributed by atoms with Crippen molar-refractivity contribution in [2.24, 2.45) is 0 Å². The van der Waals surface area contributed by atoms with Crippen LogP contribution in [0.1, 0.15) is 15.9 Å². The number of halogens is 5. The van der Waals surface area contributed by atoms with Gasteiger partial charge in [-0.3, -0.25) is 4.79 Å². The SMILES string of the molecule is O=C(COC(=O)c1ccc(Cl)nc1)Nc1ccc(Cl)c(C(F)(F)F)c1. The van der Waals surface area contributed by atoms with Gasteiger partial charge in [0.05, 0.1) is 16.1 Å². The summed E-state index contributed by atoms with van der Waals surface area (Å²) in [7, 11) is 0. The van der Waals surface area contributed by atoms with Crippen LogP contribution in [0.4, 0.5) is 18.9 Å². The Hall–Kier alpha value is -2.32. The van der Waals surface area contributed by atoms with E-state index in [-0.39, 0.29) is 16.4 Å². The largest absolute Gasteiger partial charge is 0.452 e. The standard InChI is InChI=1S/C15H9Cl2F3N2O3/c16-11-3-2-9(5-10(11)15(18,19)20)22-13(23)7-25-14(24)8-1-4-12(17)21-6-8/h1-6H,7H2,(H,22,23). The summed E-state index contributed by atoms with van der Waals surface area (Å²) in [6.45, 7) is -0.689. The smallest absolute Gasteiger partial charge is 0.417 e. The van der Waals surface area contributed by atoms with Gasteiger partial charge in [0.2, 0.25) is 0 Å². The molecule has 0 radical (unpaired) electrons. The molecule has 1 aromatic carbocycles. The maximum atomic E-state index is 12.8. The zero-order valence-corrected chi connectivity index (χ0v) is 13.7. The number of anilines is 1. The first-order valence-electron chi connectivity index (χ1n) is 6.62. The number of nitrogens with one attached hydrogen (secondary N) is 1. The fraction of sp³-hybridized carbons (Fsp3) is 0.133. The second-order valence-corrected chi connectivity index (χ2v) is 5.48. The Morgan fingerprint density at radius 3 is 2.48 bits per heavy atom. The average molecular weight is 393 g/mol. The average Bonchev–Trinajstić information content (AvgIpc) is 2.54. The molecule has 2 aromatic rings. The molecular formula is C15H9Cl2F3N2O3. The first-order chi connectivity index (χ1) is 11.7. The van der Waals surface area contributed by atoms with Gasteiger partial charge in [-0.25, -0.2) is 9.78 Å². The quantitative estimate of drug-likeness (QED) is 0.625. The molecule has 0 atom stereocenters. The van der Waals surface area contributed by atoms with E-state index >= 15 is 0 Å². The maximum absolute atomic E-state index is 12.8. The molecule has 5 nitrogen and oxygen atoms in total. The van der Waals surface area contributed by atoms with Gasteiger partial charge in [-0.05, 0) is 30.3 Å². The number of alkyl halides is 3. The zero-order chi connectivity index (χ0) is 18.6. The number of aromatic nitrogens is 1. The van der Waals surface area contributed by atoms with Crippen LogP contribution in [0.2, 0.25) is 10.2 Å². The van der Waals surface area contributed by atoms with Gasteiger partial charge in [0.25, 0.3) is 5.91 Å². The molecule has 0 aliphatic carbocycles. The summed E-state index contributed by atoms with van der Waals surface area (Å²) in [5, 5.41) is 1.87. The van der Waals surface area contributed by atoms with Gasteiger partial charge in [-0.1, -0.05) is 23.2 Å². The highest BCUT2D eigenvalue weighted by atomic mass is 35.5. The van der Waals surface area contributed by atoms with E-state index < -0.39 is 35.2 Å². The van der Waals surface area contributed by atoms with Crippen LogP contribution in [0.5, 0.6) is 0 Å². The third kappa shape index (κ3) is 5.33. The monoisotopic (exact) mass is 392 g/mol. The number of esters is 1. The molecule has 1 aromatic heterocycles. The molecule has 0 aliphatic rings. The Labute approximate surface area is 149 Å². The van der Waals surface area contributed by atoms with E-state index in [1.54, 1.807) is 0 Å². The van der Waals surface area contributed by atoms with Crippen molar-refractivity contribution in [3.05, 3.63) is 57.8 Å². The second-order valence-electron chi connectivity index (χ2n) is 4.69. The van der Waals surface area contributed by atoms with Crippen molar-refractivity contribution < 1.29 is 27.5 Å². The first kappa shape index (κ1) is 19.0. The number of amides is 1. The van der Waals surface area contributed by atoms with E-state index in [9.17, 15) is 22.8 Å². The van der Waals surface area contributed by atoms with Crippen molar-refractivity contribution in [3.8, 4) is 0 Å². The van der Waals surface area contributed by atoms with Crippen LogP contribution in [0, 0.1) is 0 Å². The van der Waals surface area contributed by atoms with Crippen LogP contribution in [0.3, 0.4) is 0 Å². The van der Waals surface area contributed by atoms with Gasteiger partial charge in [-0.15, -0.1) is 0 Å². The van der Waals surface area contributed by atoms with Crippen LogP contribution in [0.15, 0.2) is 36.5 Å². The molecule has 0 saturated heterocycles. The lowest BCUT2D eigenvalue weighted by Gasteiger charge is -2.12. The molecule has 25 heavy (non-hydrogen) atoms. The van der Waals surface area contributed by atoms with E-state index in [2.05, 4.69) is 10.3 Å². The number of hydrogen-bond donors (Lipinski definition) is 1. The van der Waals surface area contributed by atoms with Crippen molar-refractivity contribution in [1.82, 2.24) is 4.98 Å². The predicted octanol–water partition coefficient (Wildman–Crippen LogP) is 4.20. The zero-order valence-electron chi connectivity index (χ0n) is 12.2. The molecule has 1 heterocycles. The summed E-state index contributed by atoms with van der Waals surface area (Å²) >= 11 is 11.1. The van der Waals surface area contributed by atoms with E-state index in [1.165, 1.54) is 18.2 Å². The lowest BCUT2D eigenvalue weighted by Crippen LogP contribution is -2.21. The van der Waals surface area contributed by atoms with Gasteiger partial charge in [0.1, 0.15) is 5.15 Å². The van der Waals surface area contributed by atoms with Crippen LogP contribution in [-0.2, 0) is 15.7 Å². The van der Waals surface area contributed by atoms with E-state index in [0.717, 1.165) is 12.3 Å². The molecule has 0 aliphatic heterocycles. The fourth-order valence-corrected chi connectivity index (χ4v) is 2.06. The summed E-state index contributed by atoms with van der Waals surface area (Å²) in [5.41, 5.74) is -1.15. The number of benzene rings is 1. The lowest BCUT2D eigenvalue weighted by atomic mass is 10.2. The third-order valence-electron chi connectivity index (χ3n) is 2.85. The second kappa shape index (κ2) is 7.71. The highest BCUT2D eigenvalue weighted by molar-refractivity contribution is 6.31. The number of pyridine rings is 1. The van der Waals surface area contributed by atoms with Crippen molar-refractivity contribution in [2.45, 2.75) is 6.18 Å². The van der Waals surface area contributed by atoms with Crippen molar-refractivity contribution in [2.75, 3.05) is 11.9 Å². The molecule has 132 valence electrons. The molecule has 0 unspecified atom stereocenters. The molecule has 0 spiro atoms. The van der Waals surface area contributed by atoms with E-state index in [0.29, 0.717) is 6.07 Å². The molecular weight excluding hydrogens is 384 g/mol. The van der Waals surface area contributed by atoms with Crippen molar-refractivity contribution in [3.63, 3.8) is 0 Å². The lowest BCUT2D eigenvalue weighted by molar-refractivity contribution is -0.137. The Morgan fingerprint density at radius 1 is 1.16 bits per heavy atom. The highest BCUT2D eigenvalue weighted by Crippen LogP contribution is 2.36. The Kier molecular flexibility index (Phi) is 5.86. The Morgan fingerprint density at radius 2 is 1.88 bits per heavy atom.